The molecule has 1 aliphatic rings. The van der Waals surface area contributed by atoms with Crippen molar-refractivity contribution in [3.05, 3.63) is 65.2 Å². The van der Waals surface area contributed by atoms with Crippen LogP contribution in [0.3, 0.4) is 0 Å². The molecule has 0 spiro atoms. The van der Waals surface area contributed by atoms with E-state index in [9.17, 15) is 4.79 Å². The van der Waals surface area contributed by atoms with Crippen molar-refractivity contribution in [1.82, 2.24) is 19.7 Å². The second-order valence-electron chi connectivity index (χ2n) is 6.51. The van der Waals surface area contributed by atoms with E-state index in [1.54, 1.807) is 35.1 Å². The number of halogens is 1. The molecule has 2 heterocycles. The van der Waals surface area contributed by atoms with Gasteiger partial charge in [-0.05, 0) is 36.8 Å². The van der Waals surface area contributed by atoms with Crippen LogP contribution in [0.2, 0.25) is 5.02 Å². The quantitative estimate of drug-likeness (QED) is 0.672. The first-order chi connectivity index (χ1) is 13.5. The first kappa shape index (κ1) is 18.3. The number of amides is 1. The highest BCUT2D eigenvalue weighted by atomic mass is 35.5. The number of aromatic nitrogens is 3. The third-order valence-corrected chi connectivity index (χ3v) is 5.08. The van der Waals surface area contributed by atoms with Gasteiger partial charge in [0.25, 0.3) is 5.91 Å². The fourth-order valence-electron chi connectivity index (χ4n) is 3.08. The minimum atomic E-state index is -0.147. The Labute approximate surface area is 167 Å². The molecule has 0 unspecified atom stereocenters. The summed E-state index contributed by atoms with van der Waals surface area (Å²) in [6.45, 7) is 2.86. The zero-order chi connectivity index (χ0) is 19.7. The molecule has 8 heteroatoms. The van der Waals surface area contributed by atoms with Crippen molar-refractivity contribution >= 4 is 17.5 Å². The van der Waals surface area contributed by atoms with Crippen LogP contribution in [0.25, 0.3) is 5.69 Å². The molecule has 7 nitrogen and oxygen atoms in total. The first-order valence-corrected chi connectivity index (χ1v) is 9.23. The molecular weight excluding hydrogens is 380 g/mol. The summed E-state index contributed by atoms with van der Waals surface area (Å²) < 4.78 is 12.8. The predicted octanol–water partition coefficient (Wildman–Crippen LogP) is 3.53. The van der Waals surface area contributed by atoms with Crippen LogP contribution in [0.5, 0.6) is 11.5 Å². The summed E-state index contributed by atoms with van der Waals surface area (Å²) in [5.41, 5.74) is 2.37. The monoisotopic (exact) mass is 398 g/mol. The fraction of sp³-hybridized carbons (Fsp3) is 0.250. The van der Waals surface area contributed by atoms with Gasteiger partial charge in [0, 0.05) is 12.6 Å². The summed E-state index contributed by atoms with van der Waals surface area (Å²) in [6, 6.07) is 11.0. The summed E-state index contributed by atoms with van der Waals surface area (Å²) in [4.78, 5) is 18.6. The standard InChI is InChI=1S/C20H19ClN4O3/c1-13(14-3-5-16(6-4-14)25-12-22-11-23-25)24(2)20(26)15-9-17(21)19-18(10-15)27-7-8-28-19/h3-6,9-13H,7-8H2,1-2H3/t13-/m0/s1. The minimum absolute atomic E-state index is 0.135. The molecule has 0 aliphatic carbocycles. The Balaban J connectivity index is 1.54. The number of fused-ring (bicyclic) bond motifs is 1. The molecule has 0 saturated heterocycles. The molecule has 1 aliphatic heterocycles. The van der Waals surface area contributed by atoms with Crippen molar-refractivity contribution in [2.45, 2.75) is 13.0 Å². The molecule has 4 rings (SSSR count). The Hall–Kier alpha value is -3.06. The number of ether oxygens (including phenoxy) is 2. The third kappa shape index (κ3) is 3.41. The normalized spacial score (nSPS) is 13.8. The Bertz CT molecular complexity index is 989. The summed E-state index contributed by atoms with van der Waals surface area (Å²) in [5.74, 6) is 0.843. The van der Waals surface area contributed by atoms with Crippen molar-refractivity contribution in [3.8, 4) is 17.2 Å². The van der Waals surface area contributed by atoms with E-state index in [-0.39, 0.29) is 11.9 Å². The number of hydrogen-bond donors (Lipinski definition) is 0. The second-order valence-corrected chi connectivity index (χ2v) is 6.91. The Morgan fingerprint density at radius 2 is 1.96 bits per heavy atom. The second kappa shape index (κ2) is 7.52. The zero-order valence-electron chi connectivity index (χ0n) is 15.5. The molecule has 3 aromatic rings. The Kier molecular flexibility index (Phi) is 4.92. The smallest absolute Gasteiger partial charge is 0.254 e. The first-order valence-electron chi connectivity index (χ1n) is 8.86. The number of hydrogen-bond acceptors (Lipinski definition) is 5. The molecule has 1 amide bonds. The van der Waals surface area contributed by atoms with Gasteiger partial charge in [-0.3, -0.25) is 4.79 Å². The molecule has 0 fully saturated rings. The van der Waals surface area contributed by atoms with Gasteiger partial charge < -0.3 is 14.4 Å². The SMILES string of the molecule is C[C@@H](c1ccc(-n2cncn2)cc1)N(C)C(=O)c1cc(Cl)c2c(c1)OCCO2. The van der Waals surface area contributed by atoms with Crippen LogP contribution in [0.4, 0.5) is 0 Å². The van der Waals surface area contributed by atoms with E-state index in [0.29, 0.717) is 35.3 Å². The van der Waals surface area contributed by atoms with Crippen molar-refractivity contribution in [3.63, 3.8) is 0 Å². The Morgan fingerprint density at radius 1 is 1.21 bits per heavy atom. The van der Waals surface area contributed by atoms with Crippen LogP contribution in [0.15, 0.2) is 49.1 Å². The van der Waals surface area contributed by atoms with E-state index in [2.05, 4.69) is 10.1 Å². The van der Waals surface area contributed by atoms with Gasteiger partial charge in [-0.2, -0.15) is 5.10 Å². The molecular formula is C20H19ClN4O3. The molecule has 0 bridgehead atoms. The molecule has 28 heavy (non-hydrogen) atoms. The fourth-order valence-corrected chi connectivity index (χ4v) is 3.35. The molecule has 0 N–H and O–H groups in total. The van der Waals surface area contributed by atoms with E-state index in [1.807, 2.05) is 31.2 Å². The maximum atomic E-state index is 13.0. The van der Waals surface area contributed by atoms with E-state index in [1.165, 1.54) is 6.33 Å². The van der Waals surface area contributed by atoms with Gasteiger partial charge in [0.1, 0.15) is 25.9 Å². The highest BCUT2D eigenvalue weighted by molar-refractivity contribution is 6.32. The van der Waals surface area contributed by atoms with Crippen LogP contribution in [-0.4, -0.2) is 45.8 Å². The molecule has 1 atom stereocenters. The maximum Gasteiger partial charge on any atom is 0.254 e. The average molecular weight is 399 g/mol. The minimum Gasteiger partial charge on any atom is -0.486 e. The third-order valence-electron chi connectivity index (χ3n) is 4.80. The lowest BCUT2D eigenvalue weighted by molar-refractivity contribution is 0.0741. The zero-order valence-corrected chi connectivity index (χ0v) is 16.3. The number of rotatable bonds is 4. The predicted molar refractivity (Wildman–Crippen MR) is 104 cm³/mol. The van der Waals surface area contributed by atoms with Gasteiger partial charge in [0.2, 0.25) is 0 Å². The van der Waals surface area contributed by atoms with E-state index >= 15 is 0 Å². The van der Waals surface area contributed by atoms with Gasteiger partial charge in [0.15, 0.2) is 11.5 Å². The van der Waals surface area contributed by atoms with Crippen molar-refractivity contribution in [2.75, 3.05) is 20.3 Å². The van der Waals surface area contributed by atoms with Crippen LogP contribution in [0.1, 0.15) is 28.9 Å². The molecule has 1 aromatic heterocycles. The maximum absolute atomic E-state index is 13.0. The molecule has 2 aromatic carbocycles. The summed E-state index contributed by atoms with van der Waals surface area (Å²) in [6.07, 6.45) is 3.13. The van der Waals surface area contributed by atoms with E-state index < -0.39 is 0 Å². The van der Waals surface area contributed by atoms with Gasteiger partial charge >= 0.3 is 0 Å². The van der Waals surface area contributed by atoms with E-state index in [0.717, 1.165) is 11.3 Å². The number of nitrogens with zero attached hydrogens (tertiary/aromatic N) is 4. The van der Waals surface area contributed by atoms with Crippen molar-refractivity contribution < 1.29 is 14.3 Å². The summed E-state index contributed by atoms with van der Waals surface area (Å²) in [5, 5.41) is 4.49. The van der Waals surface area contributed by atoms with Crippen LogP contribution >= 0.6 is 11.6 Å². The van der Waals surface area contributed by atoms with E-state index in [4.69, 9.17) is 21.1 Å². The summed E-state index contributed by atoms with van der Waals surface area (Å²) in [7, 11) is 1.77. The average Bonchev–Trinajstić information content (AvgIpc) is 3.27. The lowest BCUT2D eigenvalue weighted by Gasteiger charge is -2.26. The lowest BCUT2D eigenvalue weighted by Crippen LogP contribution is -2.30. The highest BCUT2D eigenvalue weighted by Gasteiger charge is 2.23. The molecule has 144 valence electrons. The highest BCUT2D eigenvalue weighted by Crippen LogP contribution is 2.39. The Morgan fingerprint density at radius 3 is 2.68 bits per heavy atom. The van der Waals surface area contributed by atoms with Crippen LogP contribution in [-0.2, 0) is 0 Å². The van der Waals surface area contributed by atoms with Gasteiger partial charge in [0.05, 0.1) is 16.8 Å². The van der Waals surface area contributed by atoms with Crippen molar-refractivity contribution in [2.24, 2.45) is 0 Å². The van der Waals surface area contributed by atoms with Gasteiger partial charge in [-0.1, -0.05) is 23.7 Å². The van der Waals surface area contributed by atoms with Gasteiger partial charge in [-0.15, -0.1) is 0 Å². The number of carbonyl (C=O) groups excluding carboxylic acids is 1. The van der Waals surface area contributed by atoms with Crippen LogP contribution in [0, 0.1) is 0 Å². The largest absolute Gasteiger partial charge is 0.486 e. The lowest BCUT2D eigenvalue weighted by atomic mass is 10.1. The topological polar surface area (TPSA) is 69.5 Å². The van der Waals surface area contributed by atoms with Crippen molar-refractivity contribution in [1.29, 1.82) is 0 Å². The number of carbonyl (C=O) groups is 1. The summed E-state index contributed by atoms with van der Waals surface area (Å²) >= 11 is 6.27. The van der Waals surface area contributed by atoms with Gasteiger partial charge in [-0.25, -0.2) is 9.67 Å². The molecule has 0 radical (unpaired) electrons. The van der Waals surface area contributed by atoms with Crippen LogP contribution < -0.4 is 9.47 Å². The molecule has 0 saturated carbocycles. The number of benzene rings is 2.